The molecule has 1 amide bonds. The van der Waals surface area contributed by atoms with Crippen LogP contribution in [0.25, 0.3) is 0 Å². The van der Waals surface area contributed by atoms with Gasteiger partial charge in [0.2, 0.25) is 0 Å². The van der Waals surface area contributed by atoms with E-state index in [0.29, 0.717) is 5.92 Å². The Labute approximate surface area is 93.5 Å². The van der Waals surface area contributed by atoms with Crippen LogP contribution >= 0.6 is 0 Å². The molecular formula is C11H15N3O2. The van der Waals surface area contributed by atoms with Crippen LogP contribution in [0.3, 0.4) is 0 Å². The summed E-state index contributed by atoms with van der Waals surface area (Å²) >= 11 is 0. The van der Waals surface area contributed by atoms with Crippen molar-refractivity contribution in [3.63, 3.8) is 0 Å². The molecule has 1 saturated carbocycles. The number of rotatable bonds is 3. The minimum Gasteiger partial charge on any atom is -0.340 e. The molecule has 16 heavy (non-hydrogen) atoms. The van der Waals surface area contributed by atoms with Crippen LogP contribution in [0.4, 0.5) is 0 Å². The van der Waals surface area contributed by atoms with Crippen molar-refractivity contribution in [2.75, 3.05) is 13.6 Å². The number of amides is 1. The third-order valence-corrected chi connectivity index (χ3v) is 3.03. The largest absolute Gasteiger partial charge is 0.340 e. The first-order chi connectivity index (χ1) is 7.58. The van der Waals surface area contributed by atoms with Crippen LogP contribution in [0, 0.1) is 11.8 Å². The molecular weight excluding hydrogens is 206 g/mol. The van der Waals surface area contributed by atoms with E-state index < -0.39 is 0 Å². The highest BCUT2D eigenvalue weighted by Crippen LogP contribution is 2.38. The molecule has 1 heterocycles. The van der Waals surface area contributed by atoms with Crippen molar-refractivity contribution in [1.29, 1.82) is 0 Å². The molecule has 1 aliphatic carbocycles. The molecule has 0 aliphatic heterocycles. The summed E-state index contributed by atoms with van der Waals surface area (Å²) in [6.07, 6.45) is 1.19. The molecule has 0 radical (unpaired) electrons. The summed E-state index contributed by atoms with van der Waals surface area (Å²) in [4.78, 5) is 24.3. The summed E-state index contributed by atoms with van der Waals surface area (Å²) in [6, 6.07) is 2.77. The van der Waals surface area contributed by atoms with Gasteiger partial charge < -0.3 is 4.90 Å². The molecule has 2 unspecified atom stereocenters. The molecule has 1 fully saturated rings. The van der Waals surface area contributed by atoms with Crippen LogP contribution in [0.2, 0.25) is 0 Å². The molecule has 1 aromatic rings. The van der Waals surface area contributed by atoms with E-state index in [9.17, 15) is 9.59 Å². The van der Waals surface area contributed by atoms with Crippen LogP contribution in [-0.4, -0.2) is 34.6 Å². The second-order valence-corrected chi connectivity index (χ2v) is 4.47. The van der Waals surface area contributed by atoms with E-state index in [1.165, 1.54) is 18.6 Å². The SMILES string of the molecule is CC1CC1CN(C)C(=O)c1ccc(=O)[nH]n1. The van der Waals surface area contributed by atoms with Gasteiger partial charge in [0.25, 0.3) is 11.5 Å². The number of H-pyrrole nitrogens is 1. The molecule has 2 atom stereocenters. The Kier molecular flexibility index (Phi) is 2.77. The lowest BCUT2D eigenvalue weighted by molar-refractivity contribution is 0.0780. The Morgan fingerprint density at radius 3 is 2.81 bits per heavy atom. The average molecular weight is 221 g/mol. The second-order valence-electron chi connectivity index (χ2n) is 4.47. The van der Waals surface area contributed by atoms with Crippen molar-refractivity contribution < 1.29 is 4.79 Å². The molecule has 1 aliphatic rings. The Hall–Kier alpha value is -1.65. The maximum absolute atomic E-state index is 11.9. The maximum Gasteiger partial charge on any atom is 0.274 e. The summed E-state index contributed by atoms with van der Waals surface area (Å²) in [6.45, 7) is 2.95. The van der Waals surface area contributed by atoms with Gasteiger partial charge in [-0.25, -0.2) is 5.10 Å². The zero-order valence-corrected chi connectivity index (χ0v) is 9.43. The predicted molar refractivity (Wildman–Crippen MR) is 59.1 cm³/mol. The predicted octanol–water partition coefficient (Wildman–Crippen LogP) is 0.498. The third kappa shape index (κ3) is 2.29. The first-order valence-corrected chi connectivity index (χ1v) is 5.39. The smallest absolute Gasteiger partial charge is 0.274 e. The van der Waals surface area contributed by atoms with Gasteiger partial charge in [0.1, 0.15) is 5.69 Å². The van der Waals surface area contributed by atoms with Gasteiger partial charge in [0, 0.05) is 19.7 Å². The van der Waals surface area contributed by atoms with E-state index in [-0.39, 0.29) is 17.2 Å². The van der Waals surface area contributed by atoms with Crippen molar-refractivity contribution in [3.8, 4) is 0 Å². The fourth-order valence-corrected chi connectivity index (χ4v) is 1.75. The summed E-state index contributed by atoms with van der Waals surface area (Å²) in [7, 11) is 1.76. The minimum atomic E-state index is -0.296. The zero-order valence-electron chi connectivity index (χ0n) is 9.43. The molecule has 0 spiro atoms. The van der Waals surface area contributed by atoms with Crippen LogP contribution in [-0.2, 0) is 0 Å². The maximum atomic E-state index is 11.9. The lowest BCUT2D eigenvalue weighted by atomic mass is 10.3. The average Bonchev–Trinajstić information content (AvgIpc) is 2.94. The van der Waals surface area contributed by atoms with Gasteiger partial charge in [-0.3, -0.25) is 9.59 Å². The molecule has 0 bridgehead atoms. The topological polar surface area (TPSA) is 66.1 Å². The Bertz CT molecular complexity index is 434. The fourth-order valence-electron chi connectivity index (χ4n) is 1.75. The van der Waals surface area contributed by atoms with E-state index >= 15 is 0 Å². The summed E-state index contributed by atoms with van der Waals surface area (Å²) in [5, 5.41) is 5.98. The van der Waals surface area contributed by atoms with E-state index in [2.05, 4.69) is 17.1 Å². The van der Waals surface area contributed by atoms with Crippen molar-refractivity contribution in [2.24, 2.45) is 11.8 Å². The standard InChI is InChI=1S/C11H15N3O2/c1-7-5-8(7)6-14(2)11(16)9-3-4-10(15)13-12-9/h3-4,7-8H,5-6H2,1-2H3,(H,13,15). The number of carbonyl (C=O) groups excluding carboxylic acids is 1. The highest BCUT2D eigenvalue weighted by Gasteiger charge is 2.34. The van der Waals surface area contributed by atoms with E-state index in [0.717, 1.165) is 12.5 Å². The number of aromatic amines is 1. The number of hydrogen-bond donors (Lipinski definition) is 1. The summed E-state index contributed by atoms with van der Waals surface area (Å²) in [5.74, 6) is 1.20. The van der Waals surface area contributed by atoms with Crippen molar-refractivity contribution >= 4 is 5.91 Å². The third-order valence-electron chi connectivity index (χ3n) is 3.03. The Morgan fingerprint density at radius 2 is 2.31 bits per heavy atom. The summed E-state index contributed by atoms with van der Waals surface area (Å²) in [5.41, 5.74) is -0.00887. The number of carbonyl (C=O) groups is 1. The zero-order chi connectivity index (χ0) is 11.7. The van der Waals surface area contributed by atoms with E-state index in [1.807, 2.05) is 0 Å². The van der Waals surface area contributed by atoms with Gasteiger partial charge >= 0.3 is 0 Å². The molecule has 2 rings (SSSR count). The molecule has 5 nitrogen and oxygen atoms in total. The number of hydrogen-bond acceptors (Lipinski definition) is 3. The van der Waals surface area contributed by atoms with Gasteiger partial charge in [0.05, 0.1) is 0 Å². The number of aromatic nitrogens is 2. The van der Waals surface area contributed by atoms with Gasteiger partial charge in [0.15, 0.2) is 0 Å². The number of nitrogens with one attached hydrogen (secondary N) is 1. The van der Waals surface area contributed by atoms with Crippen molar-refractivity contribution in [2.45, 2.75) is 13.3 Å². The van der Waals surface area contributed by atoms with E-state index in [1.54, 1.807) is 11.9 Å². The summed E-state index contributed by atoms with van der Waals surface area (Å²) < 4.78 is 0. The molecule has 0 aromatic carbocycles. The molecule has 5 heteroatoms. The highest BCUT2D eigenvalue weighted by atomic mass is 16.2. The minimum absolute atomic E-state index is 0.143. The van der Waals surface area contributed by atoms with Gasteiger partial charge in [-0.05, 0) is 24.3 Å². The first-order valence-electron chi connectivity index (χ1n) is 5.39. The lowest BCUT2D eigenvalue weighted by Gasteiger charge is -2.15. The van der Waals surface area contributed by atoms with Gasteiger partial charge in [-0.1, -0.05) is 6.92 Å². The highest BCUT2D eigenvalue weighted by molar-refractivity contribution is 5.91. The quantitative estimate of drug-likeness (QED) is 0.808. The van der Waals surface area contributed by atoms with E-state index in [4.69, 9.17) is 0 Å². The molecule has 0 saturated heterocycles. The number of nitrogens with zero attached hydrogens (tertiary/aromatic N) is 2. The second kappa shape index (κ2) is 4.08. The first kappa shape index (κ1) is 10.9. The fraction of sp³-hybridized carbons (Fsp3) is 0.545. The molecule has 1 N–H and O–H groups in total. The molecule has 1 aromatic heterocycles. The lowest BCUT2D eigenvalue weighted by Crippen LogP contribution is -2.30. The van der Waals surface area contributed by atoms with Crippen molar-refractivity contribution in [3.05, 3.63) is 28.2 Å². The van der Waals surface area contributed by atoms with Gasteiger partial charge in [-0.2, -0.15) is 5.10 Å². The Morgan fingerprint density at radius 1 is 1.62 bits per heavy atom. The van der Waals surface area contributed by atoms with Crippen LogP contribution in [0.5, 0.6) is 0 Å². The van der Waals surface area contributed by atoms with Crippen LogP contribution < -0.4 is 5.56 Å². The van der Waals surface area contributed by atoms with Crippen LogP contribution in [0.15, 0.2) is 16.9 Å². The molecule has 86 valence electrons. The van der Waals surface area contributed by atoms with Gasteiger partial charge in [-0.15, -0.1) is 0 Å². The monoisotopic (exact) mass is 221 g/mol. The van der Waals surface area contributed by atoms with Crippen LogP contribution in [0.1, 0.15) is 23.8 Å². The Balaban J connectivity index is 2.00. The normalized spacial score (nSPS) is 22.9. The van der Waals surface area contributed by atoms with Crippen molar-refractivity contribution in [1.82, 2.24) is 15.1 Å².